The predicted molar refractivity (Wildman–Crippen MR) is 67.5 cm³/mol. The van der Waals surface area contributed by atoms with E-state index in [1.165, 1.54) is 24.9 Å². The van der Waals surface area contributed by atoms with E-state index in [9.17, 15) is 0 Å². The molecule has 0 spiro atoms. The normalized spacial score (nSPS) is 21.2. The lowest BCUT2D eigenvalue weighted by molar-refractivity contribution is 0.260. The molecule has 1 aromatic rings. The average molecular weight is 219 g/mol. The summed E-state index contributed by atoms with van der Waals surface area (Å²) >= 11 is 0. The molecule has 2 rings (SSSR count). The minimum Gasteiger partial charge on any atom is -0.370 e. The van der Waals surface area contributed by atoms with Gasteiger partial charge >= 0.3 is 0 Å². The van der Waals surface area contributed by atoms with Crippen LogP contribution in [0.2, 0.25) is 0 Å². The first-order valence-corrected chi connectivity index (χ1v) is 6.22. The van der Waals surface area contributed by atoms with Gasteiger partial charge in [0.1, 0.15) is 5.82 Å². The molecule has 1 unspecified atom stereocenters. The lowest BCUT2D eigenvalue weighted by atomic mass is 10.2. The van der Waals surface area contributed by atoms with Crippen LogP contribution < -0.4 is 5.32 Å². The van der Waals surface area contributed by atoms with E-state index in [-0.39, 0.29) is 0 Å². The van der Waals surface area contributed by atoms with Crippen LogP contribution in [0.15, 0.2) is 18.3 Å². The lowest BCUT2D eigenvalue weighted by Gasteiger charge is -2.21. The number of aromatic nitrogens is 1. The van der Waals surface area contributed by atoms with E-state index < -0.39 is 0 Å². The first-order valence-electron chi connectivity index (χ1n) is 6.22. The molecule has 0 saturated carbocycles. The van der Waals surface area contributed by atoms with Gasteiger partial charge in [-0.1, -0.05) is 0 Å². The quantitative estimate of drug-likeness (QED) is 0.843. The molecule has 16 heavy (non-hydrogen) atoms. The fraction of sp³-hybridized carbons (Fsp3) is 0.615. The summed E-state index contributed by atoms with van der Waals surface area (Å²) in [6, 6.07) is 5.01. The molecule has 1 aromatic heterocycles. The number of hydrogen-bond donors (Lipinski definition) is 1. The Morgan fingerprint density at radius 3 is 3.12 bits per heavy atom. The lowest BCUT2D eigenvalue weighted by Crippen LogP contribution is -2.26. The van der Waals surface area contributed by atoms with Crippen molar-refractivity contribution in [2.45, 2.75) is 39.3 Å². The predicted octanol–water partition coefficient (Wildman–Crippen LogP) is 2.50. The summed E-state index contributed by atoms with van der Waals surface area (Å²) in [5.74, 6) is 0.992. The van der Waals surface area contributed by atoms with Gasteiger partial charge in [-0.15, -0.1) is 0 Å². The molecule has 0 amide bonds. The summed E-state index contributed by atoms with van der Waals surface area (Å²) in [5, 5.41) is 3.25. The van der Waals surface area contributed by atoms with Crippen LogP contribution in [0.25, 0.3) is 0 Å². The van der Waals surface area contributed by atoms with Crippen LogP contribution in [0.5, 0.6) is 0 Å². The molecule has 1 fully saturated rings. The SMILES string of the molecule is CCNc1cc(CN2CCCC2C)ccn1. The van der Waals surface area contributed by atoms with Gasteiger partial charge in [-0.05, 0) is 50.9 Å². The molecule has 1 aliphatic rings. The highest BCUT2D eigenvalue weighted by Crippen LogP contribution is 2.19. The zero-order valence-corrected chi connectivity index (χ0v) is 10.2. The van der Waals surface area contributed by atoms with E-state index >= 15 is 0 Å². The molecular formula is C13H21N3. The fourth-order valence-electron chi connectivity index (χ4n) is 2.31. The molecule has 3 heteroatoms. The van der Waals surface area contributed by atoms with Gasteiger partial charge in [0.15, 0.2) is 0 Å². The molecule has 1 N–H and O–H groups in total. The first kappa shape index (κ1) is 11.4. The van der Waals surface area contributed by atoms with E-state index in [2.05, 4.69) is 41.2 Å². The summed E-state index contributed by atoms with van der Waals surface area (Å²) in [4.78, 5) is 6.84. The maximum Gasteiger partial charge on any atom is 0.126 e. The van der Waals surface area contributed by atoms with Crippen molar-refractivity contribution in [1.82, 2.24) is 9.88 Å². The molecular weight excluding hydrogens is 198 g/mol. The second kappa shape index (κ2) is 5.30. The van der Waals surface area contributed by atoms with Gasteiger partial charge in [0.25, 0.3) is 0 Å². The molecule has 1 aliphatic heterocycles. The monoisotopic (exact) mass is 219 g/mol. The van der Waals surface area contributed by atoms with Crippen LogP contribution in [-0.4, -0.2) is 29.0 Å². The third kappa shape index (κ3) is 2.73. The Bertz CT molecular complexity index is 338. The van der Waals surface area contributed by atoms with E-state index in [1.54, 1.807) is 0 Å². The molecule has 0 radical (unpaired) electrons. The number of nitrogens with one attached hydrogen (secondary N) is 1. The molecule has 1 saturated heterocycles. The number of hydrogen-bond acceptors (Lipinski definition) is 3. The molecule has 0 aliphatic carbocycles. The van der Waals surface area contributed by atoms with Crippen LogP contribution in [0.3, 0.4) is 0 Å². The van der Waals surface area contributed by atoms with Gasteiger partial charge in [0.2, 0.25) is 0 Å². The molecule has 0 bridgehead atoms. The number of rotatable bonds is 4. The Kier molecular flexibility index (Phi) is 3.78. The Balaban J connectivity index is 2.00. The second-order valence-corrected chi connectivity index (χ2v) is 4.54. The first-order chi connectivity index (χ1) is 7.79. The van der Waals surface area contributed by atoms with Crippen LogP contribution in [0.1, 0.15) is 32.3 Å². The zero-order valence-electron chi connectivity index (χ0n) is 10.2. The summed E-state index contributed by atoms with van der Waals surface area (Å²) in [7, 11) is 0. The van der Waals surface area contributed by atoms with Crippen molar-refractivity contribution in [2.75, 3.05) is 18.4 Å². The highest BCUT2D eigenvalue weighted by atomic mass is 15.2. The minimum absolute atomic E-state index is 0.732. The third-order valence-electron chi connectivity index (χ3n) is 3.26. The van der Waals surface area contributed by atoms with Crippen LogP contribution >= 0.6 is 0 Å². The summed E-state index contributed by atoms with van der Waals surface area (Å²) in [6.45, 7) is 7.63. The maximum absolute atomic E-state index is 4.29. The van der Waals surface area contributed by atoms with Crippen molar-refractivity contribution in [3.05, 3.63) is 23.9 Å². The van der Waals surface area contributed by atoms with Gasteiger partial charge in [-0.25, -0.2) is 4.98 Å². The number of anilines is 1. The number of pyridine rings is 1. The van der Waals surface area contributed by atoms with E-state index in [1.807, 2.05) is 6.20 Å². The molecule has 1 atom stereocenters. The zero-order chi connectivity index (χ0) is 11.4. The van der Waals surface area contributed by atoms with Crippen molar-refractivity contribution < 1.29 is 0 Å². The summed E-state index contributed by atoms with van der Waals surface area (Å²) < 4.78 is 0. The number of nitrogens with zero attached hydrogens (tertiary/aromatic N) is 2. The van der Waals surface area contributed by atoms with Crippen molar-refractivity contribution >= 4 is 5.82 Å². The standard InChI is InChI=1S/C13H21N3/c1-3-14-13-9-12(6-7-15-13)10-16-8-4-5-11(16)2/h6-7,9,11H,3-5,8,10H2,1-2H3,(H,14,15). The molecule has 88 valence electrons. The largest absolute Gasteiger partial charge is 0.370 e. The van der Waals surface area contributed by atoms with Crippen molar-refractivity contribution in [3.8, 4) is 0 Å². The van der Waals surface area contributed by atoms with E-state index in [4.69, 9.17) is 0 Å². The van der Waals surface area contributed by atoms with Crippen LogP contribution in [0, 0.1) is 0 Å². The van der Waals surface area contributed by atoms with Gasteiger partial charge in [0, 0.05) is 25.3 Å². The highest BCUT2D eigenvalue weighted by Gasteiger charge is 2.19. The van der Waals surface area contributed by atoms with Gasteiger partial charge in [-0.3, -0.25) is 4.90 Å². The third-order valence-corrected chi connectivity index (χ3v) is 3.26. The summed E-state index contributed by atoms with van der Waals surface area (Å²) in [5.41, 5.74) is 1.36. The smallest absolute Gasteiger partial charge is 0.126 e. The van der Waals surface area contributed by atoms with Gasteiger partial charge < -0.3 is 5.32 Å². The fourth-order valence-corrected chi connectivity index (χ4v) is 2.31. The molecule has 0 aromatic carbocycles. The van der Waals surface area contributed by atoms with Crippen LogP contribution in [0.4, 0.5) is 5.82 Å². The Morgan fingerprint density at radius 2 is 2.44 bits per heavy atom. The van der Waals surface area contributed by atoms with Crippen molar-refractivity contribution in [1.29, 1.82) is 0 Å². The van der Waals surface area contributed by atoms with E-state index in [0.717, 1.165) is 24.9 Å². The van der Waals surface area contributed by atoms with E-state index in [0.29, 0.717) is 0 Å². The molecule has 3 nitrogen and oxygen atoms in total. The second-order valence-electron chi connectivity index (χ2n) is 4.54. The highest BCUT2D eigenvalue weighted by molar-refractivity contribution is 5.37. The molecule has 2 heterocycles. The van der Waals surface area contributed by atoms with Crippen molar-refractivity contribution in [3.63, 3.8) is 0 Å². The Morgan fingerprint density at radius 1 is 1.56 bits per heavy atom. The Hall–Kier alpha value is -1.09. The topological polar surface area (TPSA) is 28.2 Å². The minimum atomic E-state index is 0.732. The van der Waals surface area contributed by atoms with Crippen LogP contribution in [-0.2, 0) is 6.54 Å². The number of likely N-dealkylation sites (tertiary alicyclic amines) is 1. The maximum atomic E-state index is 4.29. The average Bonchev–Trinajstić information content (AvgIpc) is 2.66. The van der Waals surface area contributed by atoms with Gasteiger partial charge in [-0.2, -0.15) is 0 Å². The summed E-state index contributed by atoms with van der Waals surface area (Å²) in [6.07, 6.45) is 4.57. The van der Waals surface area contributed by atoms with Gasteiger partial charge in [0.05, 0.1) is 0 Å². The Labute approximate surface area is 97.9 Å². The van der Waals surface area contributed by atoms with Crippen molar-refractivity contribution in [2.24, 2.45) is 0 Å².